The Hall–Kier alpha value is -0.540. The Labute approximate surface area is 130 Å². The molecule has 0 bridgehead atoms. The molecule has 110 valence electrons. The summed E-state index contributed by atoms with van der Waals surface area (Å²) in [6.07, 6.45) is 8.94. The van der Waals surface area contributed by atoms with E-state index in [9.17, 15) is 0 Å². The molecule has 0 aliphatic heterocycles. The van der Waals surface area contributed by atoms with Crippen molar-refractivity contribution in [1.82, 2.24) is 0 Å². The number of ether oxygens (including phenoxy) is 1. The molecule has 0 unspecified atom stereocenters. The lowest BCUT2D eigenvalue weighted by Gasteiger charge is -2.38. The second kappa shape index (κ2) is 6.07. The van der Waals surface area contributed by atoms with E-state index in [0.717, 1.165) is 29.3 Å². The summed E-state index contributed by atoms with van der Waals surface area (Å²) in [4.78, 5) is 0. The number of hydrogen-bond acceptors (Lipinski definition) is 2. The highest BCUT2D eigenvalue weighted by molar-refractivity contribution is 9.10. The molecule has 0 radical (unpaired) electrons. The molecule has 0 amide bonds. The molecule has 0 atom stereocenters. The maximum atomic E-state index is 6.19. The largest absolute Gasteiger partial charge is 0.492 e. The first-order valence-electron chi connectivity index (χ1n) is 7.87. The van der Waals surface area contributed by atoms with Crippen molar-refractivity contribution in [2.75, 3.05) is 13.2 Å². The maximum absolute atomic E-state index is 6.19. The predicted octanol–water partition coefficient (Wildman–Crippen LogP) is 4.40. The third-order valence-corrected chi connectivity index (χ3v) is 5.52. The topological polar surface area (TPSA) is 35.2 Å². The standard InChI is InChI=1S/C17H24BrNO/c18-15-6-4-5-14(16(15)20-11-13-7-8-13)17(12-19)9-2-1-3-10-17/h4-6,13H,1-3,7-12,19H2. The summed E-state index contributed by atoms with van der Waals surface area (Å²) in [5.74, 6) is 1.82. The zero-order chi connectivity index (χ0) is 14.0. The zero-order valence-corrected chi connectivity index (χ0v) is 13.6. The fourth-order valence-electron chi connectivity index (χ4n) is 3.37. The second-order valence-corrected chi connectivity index (χ2v) is 7.27. The molecule has 0 spiro atoms. The van der Waals surface area contributed by atoms with Crippen molar-refractivity contribution in [3.05, 3.63) is 28.2 Å². The quantitative estimate of drug-likeness (QED) is 0.864. The van der Waals surface area contributed by atoms with Gasteiger partial charge in [0.2, 0.25) is 0 Å². The van der Waals surface area contributed by atoms with Gasteiger partial charge in [-0.1, -0.05) is 31.4 Å². The van der Waals surface area contributed by atoms with Crippen LogP contribution in [0.4, 0.5) is 0 Å². The Balaban J connectivity index is 1.91. The van der Waals surface area contributed by atoms with Crippen molar-refractivity contribution in [1.29, 1.82) is 0 Å². The molecular formula is C17H24BrNO. The van der Waals surface area contributed by atoms with E-state index >= 15 is 0 Å². The van der Waals surface area contributed by atoms with Crippen LogP contribution in [-0.4, -0.2) is 13.2 Å². The van der Waals surface area contributed by atoms with Crippen molar-refractivity contribution in [3.8, 4) is 5.75 Å². The summed E-state index contributed by atoms with van der Waals surface area (Å²) in [5, 5.41) is 0. The minimum absolute atomic E-state index is 0.126. The van der Waals surface area contributed by atoms with Gasteiger partial charge in [0.1, 0.15) is 5.75 Å². The van der Waals surface area contributed by atoms with E-state index in [2.05, 4.69) is 34.1 Å². The van der Waals surface area contributed by atoms with E-state index in [-0.39, 0.29) is 5.41 Å². The fraction of sp³-hybridized carbons (Fsp3) is 0.647. The van der Waals surface area contributed by atoms with E-state index in [4.69, 9.17) is 10.5 Å². The number of rotatable bonds is 5. The highest BCUT2D eigenvalue weighted by Crippen LogP contribution is 2.45. The van der Waals surface area contributed by atoms with Gasteiger partial charge >= 0.3 is 0 Å². The van der Waals surface area contributed by atoms with Crippen LogP contribution in [-0.2, 0) is 5.41 Å². The number of benzene rings is 1. The SMILES string of the molecule is NCC1(c2cccc(Br)c2OCC2CC2)CCCCC1. The summed E-state index contributed by atoms with van der Waals surface area (Å²) in [7, 11) is 0. The monoisotopic (exact) mass is 337 g/mol. The number of nitrogens with two attached hydrogens (primary N) is 1. The van der Waals surface area contributed by atoms with Crippen LogP contribution in [0.1, 0.15) is 50.5 Å². The van der Waals surface area contributed by atoms with Crippen molar-refractivity contribution in [3.63, 3.8) is 0 Å². The van der Waals surface area contributed by atoms with Gasteiger partial charge in [-0.05, 0) is 53.6 Å². The summed E-state index contributed by atoms with van der Waals surface area (Å²) >= 11 is 3.67. The van der Waals surface area contributed by atoms with E-state index in [0.29, 0.717) is 0 Å². The molecule has 3 rings (SSSR count). The molecule has 2 N–H and O–H groups in total. The zero-order valence-electron chi connectivity index (χ0n) is 12.0. The normalized spacial score (nSPS) is 21.7. The van der Waals surface area contributed by atoms with Gasteiger partial charge < -0.3 is 10.5 Å². The second-order valence-electron chi connectivity index (χ2n) is 6.42. The number of para-hydroxylation sites is 1. The fourth-order valence-corrected chi connectivity index (χ4v) is 3.85. The number of halogens is 1. The Kier molecular flexibility index (Phi) is 4.37. The Morgan fingerprint density at radius 2 is 1.95 bits per heavy atom. The highest BCUT2D eigenvalue weighted by atomic mass is 79.9. The number of hydrogen-bond donors (Lipinski definition) is 1. The van der Waals surface area contributed by atoms with Gasteiger partial charge in [-0.3, -0.25) is 0 Å². The minimum atomic E-state index is 0.126. The van der Waals surface area contributed by atoms with Crippen LogP contribution in [0.2, 0.25) is 0 Å². The molecule has 3 heteroatoms. The summed E-state index contributed by atoms with van der Waals surface area (Å²) in [5.41, 5.74) is 7.64. The molecule has 2 fully saturated rings. The van der Waals surface area contributed by atoms with Crippen molar-refractivity contribution in [2.45, 2.75) is 50.4 Å². The van der Waals surface area contributed by atoms with Crippen LogP contribution in [0, 0.1) is 5.92 Å². The lowest BCUT2D eigenvalue weighted by molar-refractivity contribution is 0.261. The molecule has 2 aliphatic carbocycles. The molecular weight excluding hydrogens is 314 g/mol. The third-order valence-electron chi connectivity index (χ3n) is 4.90. The van der Waals surface area contributed by atoms with Gasteiger partial charge in [-0.2, -0.15) is 0 Å². The Bertz CT molecular complexity index is 464. The van der Waals surface area contributed by atoms with E-state index in [1.165, 1.54) is 50.5 Å². The van der Waals surface area contributed by atoms with Crippen LogP contribution < -0.4 is 10.5 Å². The molecule has 2 aliphatic rings. The predicted molar refractivity (Wildman–Crippen MR) is 86.2 cm³/mol. The molecule has 0 aromatic heterocycles. The summed E-state index contributed by atoms with van der Waals surface area (Å²) < 4.78 is 7.25. The summed E-state index contributed by atoms with van der Waals surface area (Å²) in [6.45, 7) is 1.58. The lowest BCUT2D eigenvalue weighted by Crippen LogP contribution is -2.37. The van der Waals surface area contributed by atoms with Gasteiger partial charge in [0, 0.05) is 17.5 Å². The summed E-state index contributed by atoms with van der Waals surface area (Å²) in [6, 6.07) is 6.43. The molecule has 2 saturated carbocycles. The maximum Gasteiger partial charge on any atom is 0.137 e. The van der Waals surface area contributed by atoms with Crippen molar-refractivity contribution >= 4 is 15.9 Å². The van der Waals surface area contributed by atoms with Gasteiger partial charge in [-0.15, -0.1) is 0 Å². The van der Waals surface area contributed by atoms with Gasteiger partial charge in [-0.25, -0.2) is 0 Å². The average Bonchev–Trinajstić information content (AvgIpc) is 3.31. The van der Waals surface area contributed by atoms with Crippen molar-refractivity contribution in [2.24, 2.45) is 11.7 Å². The minimum Gasteiger partial charge on any atom is -0.492 e. The first-order valence-corrected chi connectivity index (χ1v) is 8.66. The van der Waals surface area contributed by atoms with Crippen molar-refractivity contribution < 1.29 is 4.74 Å². The van der Waals surface area contributed by atoms with Crippen LogP contribution >= 0.6 is 15.9 Å². The highest BCUT2D eigenvalue weighted by Gasteiger charge is 2.36. The molecule has 0 saturated heterocycles. The first kappa shape index (κ1) is 14.4. The van der Waals surface area contributed by atoms with Crippen LogP contribution in [0.25, 0.3) is 0 Å². The van der Waals surface area contributed by atoms with Crippen LogP contribution in [0.3, 0.4) is 0 Å². The molecule has 0 heterocycles. The molecule has 2 nitrogen and oxygen atoms in total. The first-order chi connectivity index (χ1) is 9.75. The van der Waals surface area contributed by atoms with E-state index < -0.39 is 0 Å². The Morgan fingerprint density at radius 3 is 2.60 bits per heavy atom. The van der Waals surface area contributed by atoms with Gasteiger partial charge in [0.25, 0.3) is 0 Å². The molecule has 1 aromatic carbocycles. The van der Waals surface area contributed by atoms with E-state index in [1.54, 1.807) is 0 Å². The molecule has 1 aromatic rings. The average molecular weight is 338 g/mol. The Morgan fingerprint density at radius 1 is 1.20 bits per heavy atom. The van der Waals surface area contributed by atoms with Crippen LogP contribution in [0.5, 0.6) is 5.75 Å². The van der Waals surface area contributed by atoms with Gasteiger partial charge in [0.05, 0.1) is 11.1 Å². The molecule has 20 heavy (non-hydrogen) atoms. The van der Waals surface area contributed by atoms with Gasteiger partial charge in [0.15, 0.2) is 0 Å². The third kappa shape index (κ3) is 2.89. The lowest BCUT2D eigenvalue weighted by atomic mass is 9.69. The smallest absolute Gasteiger partial charge is 0.137 e. The van der Waals surface area contributed by atoms with E-state index in [1.807, 2.05) is 0 Å². The van der Waals surface area contributed by atoms with Crippen LogP contribution in [0.15, 0.2) is 22.7 Å².